The van der Waals surface area contributed by atoms with Crippen LogP contribution in [0.15, 0.2) is 48.8 Å². The summed E-state index contributed by atoms with van der Waals surface area (Å²) in [5.74, 6) is 0.721. The minimum absolute atomic E-state index is 0.0241. The van der Waals surface area contributed by atoms with E-state index in [0.717, 1.165) is 44.0 Å². The van der Waals surface area contributed by atoms with Gasteiger partial charge in [0, 0.05) is 68.7 Å². The van der Waals surface area contributed by atoms with Gasteiger partial charge in [-0.2, -0.15) is 6.07 Å². The first-order valence-corrected chi connectivity index (χ1v) is 11.8. The van der Waals surface area contributed by atoms with E-state index in [1.54, 1.807) is 36.7 Å². The number of aromatic nitrogens is 3. The summed E-state index contributed by atoms with van der Waals surface area (Å²) in [6.45, 7) is 6.45. The van der Waals surface area contributed by atoms with Crippen molar-refractivity contribution in [3.05, 3.63) is 66.7 Å². The Bertz CT molecular complexity index is 1160. The molecule has 5 aliphatic rings. The predicted molar refractivity (Wildman–Crippen MR) is 132 cm³/mol. The molecule has 8 rings (SSSR count). The van der Waals surface area contributed by atoms with E-state index in [2.05, 4.69) is 40.7 Å². The molecule has 0 atom stereocenters. The van der Waals surface area contributed by atoms with Crippen molar-refractivity contribution >= 4 is 23.4 Å². The summed E-state index contributed by atoms with van der Waals surface area (Å²) in [4.78, 5) is 29.8. The van der Waals surface area contributed by atoms with Gasteiger partial charge in [-0.05, 0) is 24.6 Å². The SMILES string of the molecule is O=C1CN2CCN([CH-]c3cccc(c3F)Nc3nccc(n3)-c3ccc(nc3)NCCCN1)CC2. The van der Waals surface area contributed by atoms with Crippen molar-refractivity contribution in [3.8, 4) is 11.3 Å². The third-order valence-electron chi connectivity index (χ3n) is 6.07. The lowest BCUT2D eigenvalue weighted by Crippen LogP contribution is -2.48. The van der Waals surface area contributed by atoms with Crippen LogP contribution in [0.3, 0.4) is 0 Å². The Morgan fingerprint density at radius 3 is 2.66 bits per heavy atom. The minimum Gasteiger partial charge on any atom is -0.370 e. The molecule has 182 valence electrons. The molecule has 10 heteroatoms. The molecule has 1 aromatic carbocycles. The van der Waals surface area contributed by atoms with Gasteiger partial charge in [-0.25, -0.2) is 15.0 Å². The number of rotatable bonds is 0. The number of nitrogens with zero attached hydrogens (tertiary/aromatic N) is 5. The van der Waals surface area contributed by atoms with E-state index in [1.807, 2.05) is 18.7 Å². The van der Waals surface area contributed by atoms with Crippen molar-refractivity contribution in [1.29, 1.82) is 0 Å². The summed E-state index contributed by atoms with van der Waals surface area (Å²) in [5.41, 5.74) is 2.31. The molecule has 0 radical (unpaired) electrons. The zero-order chi connectivity index (χ0) is 24.0. The largest absolute Gasteiger partial charge is 0.370 e. The van der Waals surface area contributed by atoms with Gasteiger partial charge in [0.2, 0.25) is 11.9 Å². The molecule has 1 fully saturated rings. The van der Waals surface area contributed by atoms with Crippen LogP contribution < -0.4 is 16.0 Å². The van der Waals surface area contributed by atoms with Crippen molar-refractivity contribution in [2.24, 2.45) is 0 Å². The molecule has 0 spiro atoms. The summed E-state index contributed by atoms with van der Waals surface area (Å²) in [6.07, 6.45) is 4.17. The highest BCUT2D eigenvalue weighted by Gasteiger charge is 2.18. The maximum atomic E-state index is 15.3. The number of hydrogen-bond donors (Lipinski definition) is 3. The van der Waals surface area contributed by atoms with E-state index < -0.39 is 0 Å². The molecule has 0 unspecified atom stereocenters. The van der Waals surface area contributed by atoms with E-state index in [0.29, 0.717) is 42.5 Å². The highest BCUT2D eigenvalue weighted by atomic mass is 19.1. The van der Waals surface area contributed by atoms with E-state index in [9.17, 15) is 4.79 Å². The number of carbonyl (C=O) groups is 1. The van der Waals surface area contributed by atoms with Gasteiger partial charge in [0.15, 0.2) is 0 Å². The molecule has 5 aliphatic heterocycles. The number of anilines is 3. The highest BCUT2D eigenvalue weighted by Crippen LogP contribution is 2.25. The highest BCUT2D eigenvalue weighted by molar-refractivity contribution is 5.78. The fraction of sp³-hybridized carbons (Fsp3) is 0.320. The monoisotopic (exact) mass is 475 g/mol. The number of pyridine rings is 1. The van der Waals surface area contributed by atoms with Gasteiger partial charge in [0.1, 0.15) is 5.82 Å². The fourth-order valence-corrected chi connectivity index (χ4v) is 4.14. The van der Waals surface area contributed by atoms with Crippen molar-refractivity contribution in [1.82, 2.24) is 30.1 Å². The van der Waals surface area contributed by atoms with Crippen LogP contribution in [0.4, 0.5) is 21.8 Å². The predicted octanol–water partition coefficient (Wildman–Crippen LogP) is 2.48. The average Bonchev–Trinajstić information content (AvgIpc) is 2.87. The van der Waals surface area contributed by atoms with Crippen LogP contribution in [-0.2, 0) is 4.79 Å². The van der Waals surface area contributed by atoms with E-state index >= 15 is 4.39 Å². The molecule has 9 nitrogen and oxygen atoms in total. The Morgan fingerprint density at radius 1 is 0.971 bits per heavy atom. The van der Waals surface area contributed by atoms with Gasteiger partial charge < -0.3 is 20.9 Å². The maximum absolute atomic E-state index is 15.3. The number of nitrogens with one attached hydrogen (secondary N) is 3. The Morgan fingerprint density at radius 2 is 1.83 bits per heavy atom. The zero-order valence-electron chi connectivity index (χ0n) is 19.4. The summed E-state index contributed by atoms with van der Waals surface area (Å²) >= 11 is 0. The molecule has 1 amide bonds. The van der Waals surface area contributed by atoms with Crippen molar-refractivity contribution < 1.29 is 9.18 Å². The number of benzene rings is 1. The van der Waals surface area contributed by atoms with Gasteiger partial charge in [0.25, 0.3) is 0 Å². The van der Waals surface area contributed by atoms with Crippen molar-refractivity contribution in [2.75, 3.05) is 56.4 Å². The standard InChI is InChI=1S/C25H28FN8O/c26-24-19-3-1-4-21(24)32-25-29-10-7-20(31-25)18-5-6-22(30-15-18)27-8-2-9-28-23(35)17-34-13-11-33(16-19)12-14-34/h1,3-7,10,15-16H,2,8-9,11-14,17H2,(H,27,30)(H,28,35)(H,29,31,32)/q-1. The second-order valence-electron chi connectivity index (χ2n) is 8.60. The zero-order valence-corrected chi connectivity index (χ0v) is 19.4. The van der Waals surface area contributed by atoms with Crippen LogP contribution in [0.5, 0.6) is 0 Å². The first-order chi connectivity index (χ1) is 17.1. The number of piperazine rings is 1. The fourth-order valence-electron chi connectivity index (χ4n) is 4.14. The number of halogens is 1. The van der Waals surface area contributed by atoms with Crippen LogP contribution in [0.1, 0.15) is 12.0 Å². The molecule has 0 saturated carbocycles. The first-order valence-electron chi connectivity index (χ1n) is 11.8. The van der Waals surface area contributed by atoms with E-state index in [-0.39, 0.29) is 11.7 Å². The van der Waals surface area contributed by atoms with Gasteiger partial charge in [-0.15, -0.1) is 18.2 Å². The third kappa shape index (κ3) is 5.84. The van der Waals surface area contributed by atoms with E-state index in [1.165, 1.54) is 0 Å². The van der Waals surface area contributed by atoms with Crippen LogP contribution in [0.2, 0.25) is 0 Å². The summed E-state index contributed by atoms with van der Waals surface area (Å²) < 4.78 is 15.3. The molecule has 2 aromatic heterocycles. The lowest BCUT2D eigenvalue weighted by molar-refractivity contribution is -0.122. The van der Waals surface area contributed by atoms with Crippen LogP contribution in [0, 0.1) is 12.4 Å². The second kappa shape index (κ2) is 10.7. The molecule has 1 saturated heterocycles. The molecular weight excluding hydrogens is 447 g/mol. The molecule has 35 heavy (non-hydrogen) atoms. The van der Waals surface area contributed by atoms with Crippen LogP contribution in [-0.4, -0.2) is 76.5 Å². The Kier molecular flexibility index (Phi) is 7.01. The van der Waals surface area contributed by atoms with Crippen molar-refractivity contribution in [2.45, 2.75) is 6.42 Å². The summed E-state index contributed by atoms with van der Waals surface area (Å²) in [5, 5.41) is 9.27. The third-order valence-corrected chi connectivity index (χ3v) is 6.07. The van der Waals surface area contributed by atoms with Gasteiger partial charge in [-0.3, -0.25) is 14.1 Å². The maximum Gasteiger partial charge on any atom is 0.234 e. The average molecular weight is 476 g/mol. The molecule has 3 aromatic rings. The molecule has 8 bridgehead atoms. The Labute approximate surface area is 203 Å². The number of amides is 1. The molecule has 7 heterocycles. The lowest BCUT2D eigenvalue weighted by Gasteiger charge is -2.37. The topological polar surface area (TPSA) is 98.3 Å². The number of hydrogen-bond acceptors (Lipinski definition) is 8. The van der Waals surface area contributed by atoms with E-state index in [4.69, 9.17) is 0 Å². The molecular formula is C25H28FN8O-. The quantitative estimate of drug-likeness (QED) is 0.427. The lowest BCUT2D eigenvalue weighted by atomic mass is 10.1. The van der Waals surface area contributed by atoms with Crippen LogP contribution in [0.25, 0.3) is 11.3 Å². The van der Waals surface area contributed by atoms with Gasteiger partial charge >= 0.3 is 0 Å². The Hall–Kier alpha value is -3.76. The first kappa shape index (κ1) is 23.0. The smallest absolute Gasteiger partial charge is 0.234 e. The van der Waals surface area contributed by atoms with Gasteiger partial charge in [-0.1, -0.05) is 6.07 Å². The normalized spacial score (nSPS) is 20.8. The molecule has 0 aliphatic carbocycles. The minimum atomic E-state index is -0.362. The Balaban J connectivity index is 1.39. The second-order valence-corrected chi connectivity index (χ2v) is 8.60. The van der Waals surface area contributed by atoms with Crippen molar-refractivity contribution in [3.63, 3.8) is 0 Å². The number of carbonyl (C=O) groups excluding carboxylic acids is 1. The van der Waals surface area contributed by atoms with Crippen LogP contribution >= 0.6 is 0 Å². The molecule has 3 N–H and O–H groups in total. The van der Waals surface area contributed by atoms with Gasteiger partial charge in [0.05, 0.1) is 12.2 Å². The summed E-state index contributed by atoms with van der Waals surface area (Å²) in [7, 11) is 0. The summed E-state index contributed by atoms with van der Waals surface area (Å²) in [6, 6.07) is 10.8.